The van der Waals surface area contributed by atoms with Gasteiger partial charge in [-0.2, -0.15) is 0 Å². The summed E-state index contributed by atoms with van der Waals surface area (Å²) in [6.45, 7) is 0.384. The maximum Gasteiger partial charge on any atom is 0.311 e. The number of carboxylic acid groups (broad SMARTS) is 1. The van der Waals surface area contributed by atoms with Crippen molar-refractivity contribution >= 4 is 11.9 Å². The Morgan fingerprint density at radius 2 is 1.75 bits per heavy atom. The molecule has 0 aliphatic heterocycles. The summed E-state index contributed by atoms with van der Waals surface area (Å²) in [6, 6.07) is 14.4. The lowest BCUT2D eigenvalue weighted by Gasteiger charge is -2.12. The predicted molar refractivity (Wildman–Crippen MR) is 86.3 cm³/mol. The van der Waals surface area contributed by atoms with E-state index in [9.17, 15) is 9.59 Å². The molecule has 0 atom stereocenters. The van der Waals surface area contributed by atoms with E-state index in [0.717, 1.165) is 5.56 Å². The Balaban J connectivity index is 1.99. The topological polar surface area (TPSA) is 82.1 Å². The fraction of sp³-hybridized carbons (Fsp3) is 0.222. The highest BCUT2D eigenvalue weighted by Gasteiger charge is 2.11. The Bertz CT molecular complexity index is 696. The minimum absolute atomic E-state index is 0.191. The summed E-state index contributed by atoms with van der Waals surface area (Å²) in [7, 11) is 1.49. The van der Waals surface area contributed by atoms with Crippen LogP contribution in [0.5, 0.6) is 17.2 Å². The summed E-state index contributed by atoms with van der Waals surface area (Å²) in [5, 5.41) is 8.56. The fourth-order valence-electron chi connectivity index (χ4n) is 1.96. The molecule has 24 heavy (non-hydrogen) atoms. The van der Waals surface area contributed by atoms with Crippen molar-refractivity contribution in [1.82, 2.24) is 0 Å². The molecule has 6 nitrogen and oxygen atoms in total. The van der Waals surface area contributed by atoms with Crippen LogP contribution in [0.2, 0.25) is 0 Å². The van der Waals surface area contributed by atoms with E-state index in [1.54, 1.807) is 12.1 Å². The number of hydrogen-bond donors (Lipinski definition) is 1. The van der Waals surface area contributed by atoms with Crippen molar-refractivity contribution in [2.75, 3.05) is 7.11 Å². The van der Waals surface area contributed by atoms with Gasteiger partial charge in [-0.1, -0.05) is 30.3 Å². The monoisotopic (exact) mass is 330 g/mol. The Labute approximate surface area is 139 Å². The summed E-state index contributed by atoms with van der Waals surface area (Å²) in [6.07, 6.45) is -0.460. The molecule has 0 saturated carbocycles. The molecule has 0 amide bonds. The number of carbonyl (C=O) groups excluding carboxylic acids is 1. The lowest BCUT2D eigenvalue weighted by atomic mass is 10.2. The lowest BCUT2D eigenvalue weighted by molar-refractivity contribution is -0.142. The van der Waals surface area contributed by atoms with Gasteiger partial charge in [-0.3, -0.25) is 9.59 Å². The molecule has 0 aliphatic carbocycles. The van der Waals surface area contributed by atoms with Gasteiger partial charge in [0, 0.05) is 6.07 Å². The first kappa shape index (κ1) is 17.3. The van der Waals surface area contributed by atoms with Gasteiger partial charge in [0.25, 0.3) is 0 Å². The number of esters is 1. The molecular formula is C18H18O6. The molecule has 0 heterocycles. The van der Waals surface area contributed by atoms with E-state index < -0.39 is 11.9 Å². The molecule has 0 aromatic heterocycles. The molecule has 2 aromatic rings. The van der Waals surface area contributed by atoms with Gasteiger partial charge in [-0.25, -0.2) is 0 Å². The van der Waals surface area contributed by atoms with Crippen molar-refractivity contribution in [3.05, 3.63) is 54.1 Å². The average molecular weight is 330 g/mol. The van der Waals surface area contributed by atoms with Crippen molar-refractivity contribution in [1.29, 1.82) is 0 Å². The second-order valence-corrected chi connectivity index (χ2v) is 4.95. The zero-order valence-electron chi connectivity index (χ0n) is 13.2. The molecule has 0 spiro atoms. The summed E-state index contributed by atoms with van der Waals surface area (Å²) in [4.78, 5) is 22.0. The second-order valence-electron chi connectivity index (χ2n) is 4.95. The molecule has 0 aliphatic rings. The van der Waals surface area contributed by atoms with Crippen LogP contribution >= 0.6 is 0 Å². The smallest absolute Gasteiger partial charge is 0.311 e. The van der Waals surface area contributed by atoms with Gasteiger partial charge in [-0.15, -0.1) is 0 Å². The molecule has 1 N–H and O–H groups in total. The average Bonchev–Trinajstić information content (AvgIpc) is 2.59. The number of ether oxygens (including phenoxy) is 3. The highest BCUT2D eigenvalue weighted by atomic mass is 16.5. The SMILES string of the molecule is COc1cc(OC(=O)CCC(=O)O)ccc1OCc1ccccc1. The minimum Gasteiger partial charge on any atom is -0.493 e. The molecule has 0 saturated heterocycles. The third-order valence-electron chi connectivity index (χ3n) is 3.15. The van der Waals surface area contributed by atoms with Gasteiger partial charge in [0.1, 0.15) is 12.4 Å². The van der Waals surface area contributed by atoms with Gasteiger partial charge >= 0.3 is 11.9 Å². The van der Waals surface area contributed by atoms with E-state index in [0.29, 0.717) is 18.1 Å². The molecule has 126 valence electrons. The van der Waals surface area contributed by atoms with Crippen LogP contribution in [0, 0.1) is 0 Å². The molecule has 0 radical (unpaired) electrons. The largest absolute Gasteiger partial charge is 0.493 e. The maximum absolute atomic E-state index is 11.6. The van der Waals surface area contributed by atoms with Crippen LogP contribution in [-0.4, -0.2) is 24.2 Å². The van der Waals surface area contributed by atoms with Gasteiger partial charge in [0.15, 0.2) is 11.5 Å². The van der Waals surface area contributed by atoms with E-state index in [2.05, 4.69) is 0 Å². The third kappa shape index (κ3) is 5.31. The zero-order chi connectivity index (χ0) is 17.4. The van der Waals surface area contributed by atoms with Gasteiger partial charge in [0.2, 0.25) is 0 Å². The van der Waals surface area contributed by atoms with Crippen LogP contribution in [0.1, 0.15) is 18.4 Å². The molecule has 2 rings (SSSR count). The normalized spacial score (nSPS) is 10.0. The summed E-state index contributed by atoms with van der Waals surface area (Å²) in [5.74, 6) is -0.443. The minimum atomic E-state index is -1.05. The van der Waals surface area contributed by atoms with Crippen LogP contribution in [0.3, 0.4) is 0 Å². The Hall–Kier alpha value is -3.02. The van der Waals surface area contributed by atoms with Crippen molar-refractivity contribution in [2.45, 2.75) is 19.4 Å². The third-order valence-corrected chi connectivity index (χ3v) is 3.15. The molecule has 0 unspecified atom stereocenters. The van der Waals surface area contributed by atoms with Gasteiger partial charge in [-0.05, 0) is 17.7 Å². The molecule has 0 bridgehead atoms. The van der Waals surface area contributed by atoms with Crippen molar-refractivity contribution in [2.24, 2.45) is 0 Å². The summed E-state index contributed by atoms with van der Waals surface area (Å²) in [5.41, 5.74) is 1.02. The van der Waals surface area contributed by atoms with Crippen LogP contribution in [0.25, 0.3) is 0 Å². The van der Waals surface area contributed by atoms with Crippen molar-refractivity contribution < 1.29 is 28.9 Å². The lowest BCUT2D eigenvalue weighted by Crippen LogP contribution is -2.10. The highest BCUT2D eigenvalue weighted by molar-refractivity contribution is 5.78. The van der Waals surface area contributed by atoms with E-state index in [1.165, 1.54) is 13.2 Å². The standard InChI is InChI=1S/C18H18O6/c1-22-16-11-14(24-18(21)10-9-17(19)20)7-8-15(16)23-12-13-5-3-2-4-6-13/h2-8,11H,9-10,12H2,1H3,(H,19,20). The van der Waals surface area contributed by atoms with Gasteiger partial charge < -0.3 is 19.3 Å². The van der Waals surface area contributed by atoms with E-state index >= 15 is 0 Å². The van der Waals surface area contributed by atoms with Crippen LogP contribution in [-0.2, 0) is 16.2 Å². The summed E-state index contributed by atoms with van der Waals surface area (Å²) < 4.78 is 16.0. The van der Waals surface area contributed by atoms with Crippen LogP contribution < -0.4 is 14.2 Å². The Morgan fingerprint density at radius 1 is 1.00 bits per heavy atom. The Kier molecular flexibility index (Phi) is 6.19. The second kappa shape index (κ2) is 8.57. The number of benzene rings is 2. The quantitative estimate of drug-likeness (QED) is 0.592. The van der Waals surface area contributed by atoms with E-state index in [4.69, 9.17) is 19.3 Å². The van der Waals surface area contributed by atoms with Crippen molar-refractivity contribution in [3.8, 4) is 17.2 Å². The first-order valence-corrected chi connectivity index (χ1v) is 7.35. The molecule has 2 aromatic carbocycles. The zero-order valence-corrected chi connectivity index (χ0v) is 13.2. The number of hydrogen-bond acceptors (Lipinski definition) is 5. The number of carbonyl (C=O) groups is 2. The first-order valence-electron chi connectivity index (χ1n) is 7.35. The van der Waals surface area contributed by atoms with E-state index in [1.807, 2.05) is 30.3 Å². The number of rotatable bonds is 8. The number of methoxy groups -OCH3 is 1. The summed E-state index contributed by atoms with van der Waals surface area (Å²) >= 11 is 0. The fourth-order valence-corrected chi connectivity index (χ4v) is 1.96. The molecule has 6 heteroatoms. The number of carboxylic acids is 1. The van der Waals surface area contributed by atoms with Crippen LogP contribution in [0.4, 0.5) is 0 Å². The maximum atomic E-state index is 11.6. The first-order chi connectivity index (χ1) is 11.6. The van der Waals surface area contributed by atoms with Gasteiger partial charge in [0.05, 0.1) is 20.0 Å². The van der Waals surface area contributed by atoms with E-state index in [-0.39, 0.29) is 18.6 Å². The Morgan fingerprint density at radius 3 is 2.42 bits per heavy atom. The molecule has 0 fully saturated rings. The predicted octanol–water partition coefficient (Wildman–Crippen LogP) is 3.04. The molecular weight excluding hydrogens is 312 g/mol. The highest BCUT2D eigenvalue weighted by Crippen LogP contribution is 2.32. The van der Waals surface area contributed by atoms with Crippen LogP contribution in [0.15, 0.2) is 48.5 Å². The number of aliphatic carboxylic acids is 1. The van der Waals surface area contributed by atoms with Crippen molar-refractivity contribution in [3.63, 3.8) is 0 Å².